The lowest BCUT2D eigenvalue weighted by atomic mass is 9.81. The molecule has 0 bridgehead atoms. The Balaban J connectivity index is 0.000000355. The van der Waals surface area contributed by atoms with Crippen LogP contribution in [0.3, 0.4) is 0 Å². The Morgan fingerprint density at radius 2 is 1.58 bits per heavy atom. The van der Waals surface area contributed by atoms with Crippen LogP contribution in [0.2, 0.25) is 0 Å². The quantitative estimate of drug-likeness (QED) is 0.0517. The molecule has 3 aliphatic rings. The van der Waals surface area contributed by atoms with Crippen molar-refractivity contribution < 1.29 is 0 Å². The van der Waals surface area contributed by atoms with Crippen LogP contribution in [0.5, 0.6) is 0 Å². The van der Waals surface area contributed by atoms with Crippen LogP contribution < -0.4 is 16.5 Å². The van der Waals surface area contributed by atoms with E-state index in [-0.39, 0.29) is 0 Å². The molecule has 3 unspecified atom stereocenters. The summed E-state index contributed by atoms with van der Waals surface area (Å²) in [6.07, 6.45) is 39.5. The van der Waals surface area contributed by atoms with Crippen molar-refractivity contribution in [2.24, 2.45) is 28.6 Å². The van der Waals surface area contributed by atoms with Gasteiger partial charge in [0.15, 0.2) is 0 Å². The molecular weight excluding hydrogens is 777 g/mol. The van der Waals surface area contributed by atoms with Gasteiger partial charge in [0.25, 0.3) is 0 Å². The number of aryl methyl sites for hydroxylation is 2. The largest absolute Gasteiger partial charge is 0.405 e. The average Bonchev–Trinajstić information content (AvgIpc) is 3.32. The number of benzene rings is 3. The number of hydrogen-bond acceptors (Lipinski definition) is 4. The fourth-order valence-electron chi connectivity index (χ4n) is 8.99. The van der Waals surface area contributed by atoms with Crippen molar-refractivity contribution in [3.05, 3.63) is 213 Å². The smallest absolute Gasteiger partial charge is 0.0979 e. The van der Waals surface area contributed by atoms with Gasteiger partial charge in [-0.2, -0.15) is 5.10 Å². The molecule has 0 heterocycles. The van der Waals surface area contributed by atoms with E-state index in [4.69, 9.17) is 10.8 Å². The van der Waals surface area contributed by atoms with Gasteiger partial charge in [-0.3, -0.25) is 5.43 Å². The standard InChI is InChI=1S/C40H51N3.C18H23N.C2H6/c1-30(2)37-22-12-13-24-39(37)40(38-23-11-8-16-32(38)4)43-42-28-26-35(33-17-6-5-7-18-33)20-10-9-19-34(25-27-41)36-21-14-15-31(3)29-36;1-4-18(19-3)17-12-8-7-11-16(17)13-15-10-6-5-9-14(15)2;1-2/h5-6,8,11,13-17,20-21,23-28,30,34,36,42H,7,9-10,12,18-19,22,29,41H2,1-4H3;5-12,18-19H,4,13H2,1-3H3;1-2H3/b27-25-,28-26-,35-20+,43-40+;;. The fourth-order valence-corrected chi connectivity index (χ4v) is 8.99. The summed E-state index contributed by atoms with van der Waals surface area (Å²) in [5, 5.41) is 8.41. The summed E-state index contributed by atoms with van der Waals surface area (Å²) >= 11 is 0. The molecule has 3 aliphatic carbocycles. The molecule has 340 valence electrons. The van der Waals surface area contributed by atoms with Crippen molar-refractivity contribution >= 4 is 5.71 Å². The Kier molecular flexibility index (Phi) is 22.7. The number of unbranched alkanes of at least 4 members (excludes halogenated alkanes) is 1. The summed E-state index contributed by atoms with van der Waals surface area (Å²) in [5.74, 6) is 1.50. The van der Waals surface area contributed by atoms with E-state index < -0.39 is 0 Å². The first kappa shape index (κ1) is 51.2. The number of hydrogen-bond donors (Lipinski definition) is 3. The summed E-state index contributed by atoms with van der Waals surface area (Å²) in [4.78, 5) is 0. The zero-order chi connectivity index (χ0) is 46.1. The Hall–Kier alpha value is -5.45. The molecule has 0 fully saturated rings. The Bertz CT molecular complexity index is 2210. The Morgan fingerprint density at radius 3 is 2.25 bits per heavy atom. The number of rotatable bonds is 18. The van der Waals surface area contributed by atoms with Gasteiger partial charge < -0.3 is 11.1 Å². The van der Waals surface area contributed by atoms with Crippen molar-refractivity contribution in [2.45, 2.75) is 126 Å². The topological polar surface area (TPSA) is 62.4 Å². The van der Waals surface area contributed by atoms with Gasteiger partial charge >= 0.3 is 0 Å². The molecule has 4 N–H and O–H groups in total. The van der Waals surface area contributed by atoms with E-state index in [2.05, 4.69) is 192 Å². The molecule has 0 amide bonds. The van der Waals surface area contributed by atoms with Crippen molar-refractivity contribution in [3.8, 4) is 0 Å². The number of hydrazone groups is 1. The second kappa shape index (κ2) is 28.4. The van der Waals surface area contributed by atoms with E-state index in [9.17, 15) is 0 Å². The zero-order valence-electron chi connectivity index (χ0n) is 40.8. The monoisotopic (exact) mass is 857 g/mol. The van der Waals surface area contributed by atoms with Gasteiger partial charge in [-0.05, 0) is 161 Å². The molecule has 0 radical (unpaired) electrons. The van der Waals surface area contributed by atoms with E-state index in [1.165, 1.54) is 61.2 Å². The van der Waals surface area contributed by atoms with Crippen LogP contribution in [-0.4, -0.2) is 12.8 Å². The van der Waals surface area contributed by atoms with Gasteiger partial charge in [-0.15, -0.1) is 0 Å². The number of nitrogens with one attached hydrogen (secondary N) is 2. The van der Waals surface area contributed by atoms with Gasteiger partial charge in [0.05, 0.1) is 5.71 Å². The summed E-state index contributed by atoms with van der Waals surface area (Å²) in [6, 6.07) is 26.4. The van der Waals surface area contributed by atoms with Crippen LogP contribution in [-0.2, 0) is 6.42 Å². The first-order valence-electron chi connectivity index (χ1n) is 24.3. The second-order valence-electron chi connectivity index (χ2n) is 17.4. The van der Waals surface area contributed by atoms with Gasteiger partial charge in [-0.25, -0.2) is 0 Å². The summed E-state index contributed by atoms with van der Waals surface area (Å²) in [6.45, 7) is 17.4. The maximum Gasteiger partial charge on any atom is 0.0979 e. The minimum Gasteiger partial charge on any atom is -0.405 e. The molecule has 0 aliphatic heterocycles. The van der Waals surface area contributed by atoms with Crippen molar-refractivity contribution in [2.75, 3.05) is 7.05 Å². The average molecular weight is 857 g/mol. The molecule has 0 saturated heterocycles. The van der Waals surface area contributed by atoms with E-state index in [1.54, 1.807) is 6.20 Å². The van der Waals surface area contributed by atoms with Crippen LogP contribution >= 0.6 is 0 Å². The van der Waals surface area contributed by atoms with Crippen LogP contribution in [0.4, 0.5) is 0 Å². The van der Waals surface area contributed by atoms with Crippen molar-refractivity contribution in [1.82, 2.24) is 10.7 Å². The molecule has 3 aromatic carbocycles. The predicted molar refractivity (Wildman–Crippen MR) is 280 cm³/mol. The van der Waals surface area contributed by atoms with Gasteiger partial charge in [-0.1, -0.05) is 179 Å². The third kappa shape index (κ3) is 15.7. The molecule has 64 heavy (non-hydrogen) atoms. The van der Waals surface area contributed by atoms with Crippen LogP contribution in [0.1, 0.15) is 139 Å². The van der Waals surface area contributed by atoms with Crippen LogP contribution in [0.25, 0.3) is 0 Å². The minimum absolute atomic E-state index is 0.445. The minimum atomic E-state index is 0.445. The fraction of sp³-hybridized carbons (Fsp3) is 0.383. The molecule has 3 atom stereocenters. The van der Waals surface area contributed by atoms with Crippen LogP contribution in [0.15, 0.2) is 185 Å². The molecule has 0 spiro atoms. The van der Waals surface area contributed by atoms with Gasteiger partial charge in [0.1, 0.15) is 0 Å². The van der Waals surface area contributed by atoms with Crippen molar-refractivity contribution in [1.29, 1.82) is 0 Å². The SMILES string of the molecule is CC.CC1=CC=CC(C(/C=C\N)CCC/C=C(\C=C/N/N=C(/C2=C(C(C)C)CCC=C2)c2ccccc2C)C2=CC=CCC2)C1.CCC(NC)c1ccccc1Cc1ccccc1C. The van der Waals surface area contributed by atoms with E-state index >= 15 is 0 Å². The van der Waals surface area contributed by atoms with E-state index in [0.717, 1.165) is 69.9 Å². The molecule has 6 rings (SSSR count). The molecule has 3 aromatic rings. The normalized spacial score (nSPS) is 17.4. The lowest BCUT2D eigenvalue weighted by Gasteiger charge is -2.24. The van der Waals surface area contributed by atoms with Gasteiger partial charge in [0, 0.05) is 23.4 Å². The molecule has 0 aromatic heterocycles. The first-order chi connectivity index (χ1) is 31.2. The lowest BCUT2D eigenvalue weighted by molar-refractivity contribution is 0.427. The Labute approximate surface area is 389 Å². The Morgan fingerprint density at radius 1 is 0.859 bits per heavy atom. The predicted octanol–water partition coefficient (Wildman–Crippen LogP) is 15.4. The third-order valence-electron chi connectivity index (χ3n) is 12.6. The maximum atomic E-state index is 5.85. The lowest BCUT2D eigenvalue weighted by Crippen LogP contribution is -2.17. The number of allylic oxidation sites excluding steroid dienone is 16. The molecule has 4 nitrogen and oxygen atoms in total. The van der Waals surface area contributed by atoms with Gasteiger partial charge in [0.2, 0.25) is 0 Å². The van der Waals surface area contributed by atoms with E-state index in [1.807, 2.05) is 27.1 Å². The second-order valence-corrected chi connectivity index (χ2v) is 17.4. The number of nitrogens with two attached hydrogens (primary N) is 1. The van der Waals surface area contributed by atoms with Crippen LogP contribution in [0, 0.1) is 31.6 Å². The number of nitrogens with zero attached hydrogens (tertiary/aromatic N) is 1. The summed E-state index contributed by atoms with van der Waals surface area (Å²) in [5.41, 5.74) is 25.1. The molecular formula is C60H80N4. The molecule has 0 saturated carbocycles. The van der Waals surface area contributed by atoms with Crippen molar-refractivity contribution in [3.63, 3.8) is 0 Å². The molecule has 4 heteroatoms. The van der Waals surface area contributed by atoms with E-state index in [0.29, 0.717) is 23.8 Å². The maximum absolute atomic E-state index is 5.85. The zero-order valence-corrected chi connectivity index (χ0v) is 40.8. The highest BCUT2D eigenvalue weighted by atomic mass is 15.3. The summed E-state index contributed by atoms with van der Waals surface area (Å²) in [7, 11) is 2.04. The highest BCUT2D eigenvalue weighted by Gasteiger charge is 2.20. The highest BCUT2D eigenvalue weighted by Crippen LogP contribution is 2.32. The highest BCUT2D eigenvalue weighted by molar-refractivity contribution is 6.15. The first-order valence-corrected chi connectivity index (χ1v) is 24.3. The summed E-state index contributed by atoms with van der Waals surface area (Å²) < 4.78 is 0. The third-order valence-corrected chi connectivity index (χ3v) is 12.6.